The molecule has 0 aliphatic carbocycles. The van der Waals surface area contributed by atoms with Crippen LogP contribution in [-0.2, 0) is 42.3 Å². The van der Waals surface area contributed by atoms with Crippen LogP contribution in [0.3, 0.4) is 0 Å². The standard InChI is InChI=1S/C33H60NO12P/c1-2-3-4-5-6-7-8-9-10-11-12-13-14-17-20-23-31(37)43-25-28(26-44-47(41,42)45-27-29(34)33(39)40)46-32(38)24-21-18-15-16-19-22-30(35)36/h9-10,28-29H,2-8,11-27,34H2,1H3,(H,35,36)(H,39,40)(H,41,42)/b10-9-/t28-,29+/m1/s1. The summed E-state index contributed by atoms with van der Waals surface area (Å²) in [4.78, 5) is 55.9. The Morgan fingerprint density at radius 1 is 0.660 bits per heavy atom. The molecule has 5 N–H and O–H groups in total. The third kappa shape index (κ3) is 30.8. The number of phosphoric ester groups is 1. The maximum absolute atomic E-state index is 12.4. The molecule has 0 aromatic heterocycles. The van der Waals surface area contributed by atoms with E-state index in [9.17, 15) is 28.6 Å². The molecule has 0 aliphatic heterocycles. The topological polar surface area (TPSA) is 209 Å². The van der Waals surface area contributed by atoms with E-state index >= 15 is 0 Å². The fourth-order valence-corrected chi connectivity index (χ4v) is 5.27. The van der Waals surface area contributed by atoms with Gasteiger partial charge in [-0.15, -0.1) is 0 Å². The highest BCUT2D eigenvalue weighted by molar-refractivity contribution is 7.47. The van der Waals surface area contributed by atoms with E-state index in [1.807, 2.05) is 0 Å². The number of allylic oxidation sites excluding steroid dienone is 2. The van der Waals surface area contributed by atoms with Crippen molar-refractivity contribution in [1.29, 1.82) is 0 Å². The number of hydrogen-bond acceptors (Lipinski definition) is 10. The quantitative estimate of drug-likeness (QED) is 0.0240. The molecule has 47 heavy (non-hydrogen) atoms. The van der Waals surface area contributed by atoms with Crippen molar-refractivity contribution < 1.29 is 57.4 Å². The van der Waals surface area contributed by atoms with Gasteiger partial charge in [-0.25, -0.2) is 4.57 Å². The zero-order valence-corrected chi connectivity index (χ0v) is 29.2. The molecule has 0 saturated carbocycles. The van der Waals surface area contributed by atoms with Gasteiger partial charge in [-0.2, -0.15) is 0 Å². The number of aliphatic carboxylic acids is 2. The summed E-state index contributed by atoms with van der Waals surface area (Å²) in [5.74, 6) is -3.41. The number of hydrogen-bond donors (Lipinski definition) is 4. The van der Waals surface area contributed by atoms with E-state index in [0.29, 0.717) is 25.7 Å². The van der Waals surface area contributed by atoms with Gasteiger partial charge in [0.25, 0.3) is 0 Å². The van der Waals surface area contributed by atoms with Crippen LogP contribution >= 0.6 is 7.82 Å². The van der Waals surface area contributed by atoms with Gasteiger partial charge in [-0.3, -0.25) is 28.2 Å². The number of carbonyl (C=O) groups excluding carboxylic acids is 2. The summed E-state index contributed by atoms with van der Waals surface area (Å²) in [6, 6.07) is -1.55. The van der Waals surface area contributed by atoms with Crippen LogP contribution in [0.15, 0.2) is 12.2 Å². The number of rotatable bonds is 33. The number of carbonyl (C=O) groups is 4. The number of ether oxygens (including phenoxy) is 2. The second-order valence-electron chi connectivity index (χ2n) is 11.8. The number of carboxylic acids is 2. The first-order valence-electron chi connectivity index (χ1n) is 17.3. The molecule has 0 saturated heterocycles. The highest BCUT2D eigenvalue weighted by Gasteiger charge is 2.28. The highest BCUT2D eigenvalue weighted by Crippen LogP contribution is 2.43. The van der Waals surface area contributed by atoms with Crippen molar-refractivity contribution in [3.8, 4) is 0 Å². The molecule has 0 rings (SSSR count). The third-order valence-corrected chi connectivity index (χ3v) is 8.25. The Morgan fingerprint density at radius 3 is 1.66 bits per heavy atom. The van der Waals surface area contributed by atoms with Crippen LogP contribution in [0.25, 0.3) is 0 Å². The molecular formula is C33H60NO12P. The normalized spacial score (nSPS) is 14.0. The van der Waals surface area contributed by atoms with E-state index in [4.69, 9.17) is 29.9 Å². The van der Waals surface area contributed by atoms with Crippen molar-refractivity contribution in [1.82, 2.24) is 0 Å². The monoisotopic (exact) mass is 693 g/mol. The lowest BCUT2D eigenvalue weighted by Crippen LogP contribution is -2.34. The summed E-state index contributed by atoms with van der Waals surface area (Å²) < 4.78 is 32.2. The minimum absolute atomic E-state index is 0.0407. The van der Waals surface area contributed by atoms with Crippen molar-refractivity contribution in [3.63, 3.8) is 0 Å². The Kier molecular flexibility index (Phi) is 28.3. The lowest BCUT2D eigenvalue weighted by Gasteiger charge is -2.20. The average Bonchev–Trinajstić information content (AvgIpc) is 3.02. The molecule has 0 amide bonds. The molecule has 3 atom stereocenters. The largest absolute Gasteiger partial charge is 0.481 e. The molecule has 0 radical (unpaired) electrons. The molecule has 0 spiro atoms. The number of carboxylic acid groups (broad SMARTS) is 2. The molecule has 0 aromatic rings. The minimum atomic E-state index is -4.74. The lowest BCUT2D eigenvalue weighted by atomic mass is 10.1. The second-order valence-corrected chi connectivity index (χ2v) is 13.2. The molecule has 0 aromatic carbocycles. The van der Waals surface area contributed by atoms with Gasteiger partial charge in [0.15, 0.2) is 6.10 Å². The van der Waals surface area contributed by atoms with E-state index in [0.717, 1.165) is 51.4 Å². The van der Waals surface area contributed by atoms with Crippen molar-refractivity contribution in [3.05, 3.63) is 12.2 Å². The number of nitrogens with two attached hydrogens (primary N) is 1. The lowest BCUT2D eigenvalue weighted by molar-refractivity contribution is -0.161. The number of unbranched alkanes of at least 4 members (excludes halogenated alkanes) is 15. The van der Waals surface area contributed by atoms with Gasteiger partial charge < -0.3 is 30.3 Å². The van der Waals surface area contributed by atoms with Gasteiger partial charge in [0.05, 0.1) is 13.2 Å². The van der Waals surface area contributed by atoms with Gasteiger partial charge in [0, 0.05) is 19.3 Å². The average molecular weight is 694 g/mol. The molecule has 13 nitrogen and oxygen atoms in total. The molecule has 0 fully saturated rings. The van der Waals surface area contributed by atoms with Crippen LogP contribution in [0.1, 0.15) is 142 Å². The summed E-state index contributed by atoms with van der Waals surface area (Å²) in [6.07, 6.45) is 21.6. The predicted octanol–water partition coefficient (Wildman–Crippen LogP) is 6.84. The van der Waals surface area contributed by atoms with Gasteiger partial charge >= 0.3 is 31.7 Å². The Labute approximate surface area is 280 Å². The fourth-order valence-electron chi connectivity index (χ4n) is 4.50. The van der Waals surface area contributed by atoms with Crippen LogP contribution < -0.4 is 5.73 Å². The Morgan fingerprint density at radius 2 is 1.13 bits per heavy atom. The molecule has 1 unspecified atom stereocenters. The first-order valence-corrected chi connectivity index (χ1v) is 18.8. The Bertz CT molecular complexity index is 929. The van der Waals surface area contributed by atoms with Crippen molar-refractivity contribution in [2.24, 2.45) is 5.73 Å². The summed E-state index contributed by atoms with van der Waals surface area (Å²) >= 11 is 0. The van der Waals surface area contributed by atoms with E-state index in [1.165, 1.54) is 38.5 Å². The van der Waals surface area contributed by atoms with Crippen molar-refractivity contribution in [2.45, 2.75) is 154 Å². The van der Waals surface area contributed by atoms with Gasteiger partial charge in [-0.1, -0.05) is 89.7 Å². The molecule has 0 heterocycles. The van der Waals surface area contributed by atoms with E-state index in [1.54, 1.807) is 0 Å². The Hall–Kier alpha value is -2.31. The second kappa shape index (κ2) is 29.8. The molecular weight excluding hydrogens is 633 g/mol. The van der Waals surface area contributed by atoms with Crippen LogP contribution in [-0.4, -0.2) is 71.0 Å². The molecule has 0 bridgehead atoms. The zero-order chi connectivity index (χ0) is 35.2. The first kappa shape index (κ1) is 44.7. The van der Waals surface area contributed by atoms with Gasteiger partial charge in [0.2, 0.25) is 0 Å². The maximum Gasteiger partial charge on any atom is 0.472 e. The van der Waals surface area contributed by atoms with Crippen molar-refractivity contribution in [2.75, 3.05) is 19.8 Å². The van der Waals surface area contributed by atoms with Crippen molar-refractivity contribution >= 4 is 31.7 Å². The van der Waals surface area contributed by atoms with E-state index < -0.39 is 63.7 Å². The molecule has 14 heteroatoms. The summed E-state index contributed by atoms with van der Waals surface area (Å²) in [7, 11) is -4.74. The Balaban J connectivity index is 4.42. The van der Waals surface area contributed by atoms with Gasteiger partial charge in [0.1, 0.15) is 12.6 Å². The smallest absolute Gasteiger partial charge is 0.472 e. The van der Waals surface area contributed by atoms with Gasteiger partial charge in [-0.05, 0) is 44.9 Å². The number of phosphoric acid groups is 1. The van der Waals surface area contributed by atoms with Crippen LogP contribution in [0.2, 0.25) is 0 Å². The van der Waals surface area contributed by atoms with E-state index in [2.05, 4.69) is 23.6 Å². The van der Waals surface area contributed by atoms with E-state index in [-0.39, 0.29) is 19.3 Å². The summed E-state index contributed by atoms with van der Waals surface area (Å²) in [5.41, 5.74) is 5.27. The van der Waals surface area contributed by atoms with Crippen LogP contribution in [0.4, 0.5) is 0 Å². The summed E-state index contributed by atoms with van der Waals surface area (Å²) in [5, 5.41) is 17.5. The SMILES string of the molecule is CCCCCCCC/C=C\CCCCCCCC(=O)OC[C@H](COP(=O)(O)OC[C@H](N)C(=O)O)OC(=O)CCCCCCCC(=O)O. The zero-order valence-electron chi connectivity index (χ0n) is 28.3. The summed E-state index contributed by atoms with van der Waals surface area (Å²) in [6.45, 7) is 0.395. The fraction of sp³-hybridized carbons (Fsp3) is 0.818. The molecule has 0 aliphatic rings. The predicted molar refractivity (Wildman–Crippen MR) is 178 cm³/mol. The van der Waals surface area contributed by atoms with Crippen LogP contribution in [0, 0.1) is 0 Å². The first-order chi connectivity index (χ1) is 22.5. The number of esters is 2. The third-order valence-electron chi connectivity index (χ3n) is 7.30. The maximum atomic E-state index is 12.4. The molecule has 274 valence electrons. The highest BCUT2D eigenvalue weighted by atomic mass is 31.2. The minimum Gasteiger partial charge on any atom is -0.481 e. The van der Waals surface area contributed by atoms with Crippen LogP contribution in [0.5, 0.6) is 0 Å².